The van der Waals surface area contributed by atoms with Gasteiger partial charge in [-0.1, -0.05) is 47.1 Å². The maximum absolute atomic E-state index is 9.60. The van der Waals surface area contributed by atoms with Crippen LogP contribution >= 0.6 is 0 Å². The number of aliphatic hydroxyl groups is 2. The fourth-order valence-electron chi connectivity index (χ4n) is 2.07. The van der Waals surface area contributed by atoms with Crippen molar-refractivity contribution in [3.8, 4) is 0 Å². The summed E-state index contributed by atoms with van der Waals surface area (Å²) in [6, 6.07) is 0. The Morgan fingerprint density at radius 1 is 0.864 bits per heavy atom. The van der Waals surface area contributed by atoms with E-state index in [1.807, 2.05) is 18.2 Å². The molecule has 0 radical (unpaired) electrons. The Kier molecular flexibility index (Phi) is 10.9. The van der Waals surface area contributed by atoms with Gasteiger partial charge in [-0.05, 0) is 66.7 Å². The van der Waals surface area contributed by atoms with Crippen molar-refractivity contribution in [2.45, 2.75) is 72.3 Å². The highest BCUT2D eigenvalue weighted by Crippen LogP contribution is 2.13. The van der Waals surface area contributed by atoms with Gasteiger partial charge >= 0.3 is 0 Å². The molecular formula is C20H34O2. The molecule has 0 aliphatic heterocycles. The van der Waals surface area contributed by atoms with Crippen molar-refractivity contribution in [3.63, 3.8) is 0 Å². The molecule has 0 unspecified atom stereocenters. The van der Waals surface area contributed by atoms with Gasteiger partial charge in [0.05, 0.1) is 12.2 Å². The second kappa shape index (κ2) is 11.4. The lowest BCUT2D eigenvalue weighted by Crippen LogP contribution is -2.13. The summed E-state index contributed by atoms with van der Waals surface area (Å²) in [5, 5.41) is 18.4. The van der Waals surface area contributed by atoms with Crippen LogP contribution in [0.25, 0.3) is 0 Å². The van der Waals surface area contributed by atoms with Crippen molar-refractivity contribution in [1.29, 1.82) is 0 Å². The Labute approximate surface area is 137 Å². The third-order valence-electron chi connectivity index (χ3n) is 3.47. The normalized spacial score (nSPS) is 15.0. The zero-order chi connectivity index (χ0) is 17.0. The van der Waals surface area contributed by atoms with Crippen LogP contribution in [0.4, 0.5) is 0 Å². The Morgan fingerprint density at radius 2 is 1.36 bits per heavy atom. The van der Waals surface area contributed by atoms with Gasteiger partial charge in [0.25, 0.3) is 0 Å². The molecule has 0 aliphatic rings. The minimum Gasteiger partial charge on any atom is -0.392 e. The summed E-state index contributed by atoms with van der Waals surface area (Å²) in [5.74, 6) is 0. The fourth-order valence-corrected chi connectivity index (χ4v) is 2.07. The van der Waals surface area contributed by atoms with Gasteiger partial charge in [-0.2, -0.15) is 0 Å². The number of allylic oxidation sites excluding steroid dienone is 6. The maximum atomic E-state index is 9.60. The molecule has 0 aromatic rings. The molecule has 0 heterocycles. The summed E-state index contributed by atoms with van der Waals surface area (Å²) in [7, 11) is 0. The molecule has 0 aliphatic carbocycles. The number of aliphatic hydroxyl groups excluding tert-OH is 1. The van der Waals surface area contributed by atoms with Crippen LogP contribution in [0.2, 0.25) is 0 Å². The first-order chi connectivity index (χ1) is 10.2. The van der Waals surface area contributed by atoms with E-state index in [2.05, 4.69) is 32.9 Å². The van der Waals surface area contributed by atoms with Gasteiger partial charge in [-0.3, -0.25) is 0 Å². The molecule has 0 saturated heterocycles. The van der Waals surface area contributed by atoms with E-state index in [1.165, 1.54) is 16.7 Å². The van der Waals surface area contributed by atoms with Gasteiger partial charge in [-0.15, -0.1) is 0 Å². The zero-order valence-corrected chi connectivity index (χ0v) is 15.0. The molecule has 0 atom stereocenters. The Morgan fingerprint density at radius 3 is 1.86 bits per heavy atom. The minimum absolute atomic E-state index is 0.139. The first-order valence-electron chi connectivity index (χ1n) is 8.22. The smallest absolute Gasteiger partial charge is 0.0771 e. The van der Waals surface area contributed by atoms with Crippen molar-refractivity contribution in [1.82, 2.24) is 0 Å². The largest absolute Gasteiger partial charge is 0.392 e. The van der Waals surface area contributed by atoms with Gasteiger partial charge in [0.2, 0.25) is 0 Å². The minimum atomic E-state index is -0.720. The van der Waals surface area contributed by atoms with Gasteiger partial charge in [0, 0.05) is 0 Å². The zero-order valence-electron chi connectivity index (χ0n) is 15.0. The van der Waals surface area contributed by atoms with E-state index in [0.717, 1.165) is 32.1 Å². The summed E-state index contributed by atoms with van der Waals surface area (Å²) in [6.45, 7) is 10.1. The summed E-state index contributed by atoms with van der Waals surface area (Å²) >= 11 is 0. The topological polar surface area (TPSA) is 40.5 Å². The van der Waals surface area contributed by atoms with Crippen molar-refractivity contribution in [3.05, 3.63) is 47.1 Å². The molecule has 0 spiro atoms. The first kappa shape index (κ1) is 20.9. The summed E-state index contributed by atoms with van der Waals surface area (Å²) in [5.41, 5.74) is 3.30. The Balaban J connectivity index is 4.04. The molecule has 0 bridgehead atoms. The van der Waals surface area contributed by atoms with Crippen molar-refractivity contribution >= 4 is 0 Å². The van der Waals surface area contributed by atoms with Crippen LogP contribution in [0, 0.1) is 0 Å². The predicted octanol–water partition coefficient (Wildman–Crippen LogP) is 5.10. The molecule has 0 aromatic carbocycles. The van der Waals surface area contributed by atoms with E-state index >= 15 is 0 Å². The van der Waals surface area contributed by atoms with Crippen LogP contribution < -0.4 is 0 Å². The predicted molar refractivity (Wildman–Crippen MR) is 96.9 cm³/mol. The fraction of sp³-hybridized carbons (Fsp3) is 0.600. The standard InChI is InChI=1S/C20H34O2/c1-17(10-7-12-19(3)14-16-21)9-6-11-18(2)13-8-15-20(4,5)22/h8,10-11,14-15,21-22H,6-7,9,12-13,16H2,1-5H3/b15-8+,17-10+,18-11+,19-14+. The molecule has 0 rings (SSSR count). The molecular weight excluding hydrogens is 272 g/mol. The van der Waals surface area contributed by atoms with Crippen LogP contribution in [-0.2, 0) is 0 Å². The second-order valence-electron chi connectivity index (χ2n) is 6.67. The van der Waals surface area contributed by atoms with Crippen LogP contribution in [0.15, 0.2) is 47.1 Å². The quantitative estimate of drug-likeness (QED) is 0.552. The monoisotopic (exact) mass is 306 g/mol. The first-order valence-corrected chi connectivity index (χ1v) is 8.22. The highest BCUT2D eigenvalue weighted by Gasteiger charge is 2.04. The summed E-state index contributed by atoms with van der Waals surface area (Å²) in [4.78, 5) is 0. The van der Waals surface area contributed by atoms with E-state index < -0.39 is 5.60 Å². The third kappa shape index (κ3) is 13.8. The summed E-state index contributed by atoms with van der Waals surface area (Å²) in [6.07, 6.45) is 15.5. The molecule has 0 saturated carbocycles. The highest BCUT2D eigenvalue weighted by molar-refractivity contribution is 5.09. The van der Waals surface area contributed by atoms with Crippen LogP contribution in [0.1, 0.15) is 66.7 Å². The summed E-state index contributed by atoms with van der Waals surface area (Å²) < 4.78 is 0. The van der Waals surface area contributed by atoms with E-state index in [-0.39, 0.29) is 6.61 Å². The molecule has 0 fully saturated rings. The van der Waals surface area contributed by atoms with E-state index in [4.69, 9.17) is 5.11 Å². The molecule has 2 N–H and O–H groups in total. The maximum Gasteiger partial charge on any atom is 0.0771 e. The third-order valence-corrected chi connectivity index (χ3v) is 3.47. The Bertz CT molecular complexity index is 417. The molecule has 2 heteroatoms. The number of hydrogen-bond donors (Lipinski definition) is 2. The average Bonchev–Trinajstić information content (AvgIpc) is 2.37. The van der Waals surface area contributed by atoms with Crippen LogP contribution in [0.3, 0.4) is 0 Å². The van der Waals surface area contributed by atoms with Gasteiger partial charge < -0.3 is 10.2 Å². The van der Waals surface area contributed by atoms with Crippen LogP contribution in [0.5, 0.6) is 0 Å². The van der Waals surface area contributed by atoms with Crippen molar-refractivity contribution in [2.75, 3.05) is 6.61 Å². The van der Waals surface area contributed by atoms with Crippen molar-refractivity contribution < 1.29 is 10.2 Å². The van der Waals surface area contributed by atoms with Gasteiger partial charge in [0.15, 0.2) is 0 Å². The highest BCUT2D eigenvalue weighted by atomic mass is 16.3. The van der Waals surface area contributed by atoms with E-state index in [1.54, 1.807) is 13.8 Å². The Hall–Kier alpha value is -1.12. The SMILES string of the molecule is C/C(=C\CC/C(C)=C/CC/C(C)=C/CO)C/C=C/C(C)(C)O. The van der Waals surface area contributed by atoms with Crippen LogP contribution in [-0.4, -0.2) is 22.4 Å². The van der Waals surface area contributed by atoms with Gasteiger partial charge in [0.1, 0.15) is 0 Å². The average molecular weight is 306 g/mol. The lowest BCUT2D eigenvalue weighted by atomic mass is 10.0. The molecule has 0 aromatic heterocycles. The lowest BCUT2D eigenvalue weighted by molar-refractivity contribution is 0.133. The second-order valence-corrected chi connectivity index (χ2v) is 6.67. The molecule has 0 amide bonds. The van der Waals surface area contributed by atoms with E-state index in [9.17, 15) is 5.11 Å². The number of rotatable bonds is 10. The number of hydrogen-bond acceptors (Lipinski definition) is 2. The van der Waals surface area contributed by atoms with Crippen molar-refractivity contribution in [2.24, 2.45) is 0 Å². The molecule has 2 nitrogen and oxygen atoms in total. The lowest BCUT2D eigenvalue weighted by Gasteiger charge is -2.10. The van der Waals surface area contributed by atoms with Gasteiger partial charge in [-0.25, -0.2) is 0 Å². The molecule has 22 heavy (non-hydrogen) atoms. The van der Waals surface area contributed by atoms with E-state index in [0.29, 0.717) is 0 Å². The molecule has 126 valence electrons.